The number of amides is 1. The third-order valence-corrected chi connectivity index (χ3v) is 6.64. The number of hydrogen-bond acceptors (Lipinski definition) is 8. The van der Waals surface area contributed by atoms with Crippen LogP contribution in [0.3, 0.4) is 0 Å². The lowest BCUT2D eigenvalue weighted by Crippen LogP contribution is -2.68. The van der Waals surface area contributed by atoms with Crippen LogP contribution in [-0.2, 0) is 9.59 Å². The minimum atomic E-state index is -2.60. The summed E-state index contributed by atoms with van der Waals surface area (Å²) in [5.74, 6) is -8.30. The normalized spacial score (nSPS) is 38.9. The second kappa shape index (κ2) is 5.88. The molecule has 3 aliphatic carbocycles. The van der Waals surface area contributed by atoms with Gasteiger partial charge < -0.3 is 31.3 Å². The van der Waals surface area contributed by atoms with E-state index in [1.54, 1.807) is 0 Å². The maximum atomic E-state index is 13.2. The molecule has 29 heavy (non-hydrogen) atoms. The zero-order valence-electron chi connectivity index (χ0n) is 15.5. The summed E-state index contributed by atoms with van der Waals surface area (Å²) in [6.07, 6.45) is -1.88. The van der Waals surface area contributed by atoms with Crippen LogP contribution in [0.1, 0.15) is 41.6 Å². The third kappa shape index (κ3) is 2.29. The molecule has 0 bridgehead atoms. The van der Waals surface area contributed by atoms with Crippen LogP contribution in [-0.4, -0.2) is 60.3 Å². The standard InChI is InChI=1S/C20H21NO8/c1-19(28)10-5-7(22)6-11(24)20(10,29)17(26)14-15(19)13(18(21)27)8-3-2-4-9(23)12(8)16(14)25/h2-4,7,10,13,15,22-23,26,28-29H,5-6H2,1H3,(H2,21,27). The monoisotopic (exact) mass is 403 g/mol. The Balaban J connectivity index is 2.09. The van der Waals surface area contributed by atoms with E-state index in [-0.39, 0.29) is 17.5 Å². The molecule has 1 aromatic carbocycles. The Labute approximate surface area is 165 Å². The van der Waals surface area contributed by atoms with E-state index in [4.69, 9.17) is 5.73 Å². The molecule has 0 radical (unpaired) electrons. The van der Waals surface area contributed by atoms with E-state index in [0.717, 1.165) is 0 Å². The molecule has 1 aromatic rings. The molecule has 4 rings (SSSR count). The van der Waals surface area contributed by atoms with Crippen LogP contribution in [0.25, 0.3) is 0 Å². The van der Waals surface area contributed by atoms with Crippen molar-refractivity contribution in [3.05, 3.63) is 40.7 Å². The molecule has 1 saturated carbocycles. The molecule has 0 saturated heterocycles. The number of phenolic OH excluding ortho intramolecular Hbond substituents is 1. The average Bonchev–Trinajstić information content (AvgIpc) is 2.62. The quantitative estimate of drug-likeness (QED) is 0.360. The summed E-state index contributed by atoms with van der Waals surface area (Å²) in [7, 11) is 0. The van der Waals surface area contributed by atoms with Crippen LogP contribution in [0.4, 0.5) is 0 Å². The molecule has 0 spiro atoms. The van der Waals surface area contributed by atoms with Gasteiger partial charge in [0.1, 0.15) is 11.5 Å². The zero-order valence-corrected chi connectivity index (χ0v) is 15.5. The number of aromatic hydroxyl groups is 1. The number of ketones is 2. The molecule has 9 nitrogen and oxygen atoms in total. The number of aliphatic hydroxyl groups excluding tert-OH is 2. The minimum absolute atomic E-state index is 0.0810. The van der Waals surface area contributed by atoms with Gasteiger partial charge in [0, 0.05) is 23.8 Å². The second-order valence-electron chi connectivity index (χ2n) is 8.25. The maximum absolute atomic E-state index is 13.2. The molecule has 7 N–H and O–H groups in total. The van der Waals surface area contributed by atoms with E-state index in [1.807, 2.05) is 0 Å². The molecule has 0 aromatic heterocycles. The van der Waals surface area contributed by atoms with Crippen molar-refractivity contribution in [1.82, 2.24) is 0 Å². The summed E-state index contributed by atoms with van der Waals surface area (Å²) in [4.78, 5) is 38.2. The SMILES string of the molecule is CC1(O)C2C(=C(O)C3(O)C(=O)CC(O)CC31)C(=O)c1c(O)cccc1C2C(N)=O. The van der Waals surface area contributed by atoms with Crippen molar-refractivity contribution >= 4 is 17.5 Å². The van der Waals surface area contributed by atoms with Gasteiger partial charge in [-0.2, -0.15) is 0 Å². The van der Waals surface area contributed by atoms with Crippen molar-refractivity contribution in [2.24, 2.45) is 17.6 Å². The van der Waals surface area contributed by atoms with E-state index in [2.05, 4.69) is 0 Å². The first-order valence-electron chi connectivity index (χ1n) is 9.19. The van der Waals surface area contributed by atoms with Gasteiger partial charge in [-0.25, -0.2) is 0 Å². The molecule has 154 valence electrons. The van der Waals surface area contributed by atoms with Crippen LogP contribution < -0.4 is 5.73 Å². The van der Waals surface area contributed by atoms with Crippen molar-refractivity contribution in [3.63, 3.8) is 0 Å². The fourth-order valence-electron chi connectivity index (χ4n) is 5.36. The van der Waals surface area contributed by atoms with Gasteiger partial charge in [0.2, 0.25) is 5.91 Å². The van der Waals surface area contributed by atoms with Crippen LogP contribution in [0.15, 0.2) is 29.5 Å². The average molecular weight is 403 g/mol. The first-order valence-corrected chi connectivity index (χ1v) is 9.19. The van der Waals surface area contributed by atoms with Gasteiger partial charge in [0.15, 0.2) is 17.2 Å². The lowest BCUT2D eigenvalue weighted by atomic mass is 9.51. The molecular formula is C20H21NO8. The summed E-state index contributed by atoms with van der Waals surface area (Å²) in [5, 5.41) is 53.7. The molecule has 9 heteroatoms. The third-order valence-electron chi connectivity index (χ3n) is 6.64. The van der Waals surface area contributed by atoms with Crippen LogP contribution >= 0.6 is 0 Å². The Morgan fingerprint density at radius 2 is 1.86 bits per heavy atom. The molecular weight excluding hydrogens is 382 g/mol. The Kier molecular flexibility index (Phi) is 3.97. The van der Waals surface area contributed by atoms with Crippen molar-refractivity contribution in [1.29, 1.82) is 0 Å². The number of aliphatic hydroxyl groups is 4. The molecule has 3 aliphatic rings. The first-order chi connectivity index (χ1) is 13.4. The van der Waals surface area contributed by atoms with E-state index in [1.165, 1.54) is 25.1 Å². The number of primary amides is 1. The van der Waals surface area contributed by atoms with E-state index in [9.17, 15) is 39.9 Å². The number of hydrogen-bond donors (Lipinski definition) is 6. The molecule has 0 heterocycles. The highest BCUT2D eigenvalue weighted by atomic mass is 16.4. The van der Waals surface area contributed by atoms with Crippen molar-refractivity contribution < 1.29 is 39.9 Å². The highest BCUT2D eigenvalue weighted by Crippen LogP contribution is 2.58. The molecule has 1 amide bonds. The fourth-order valence-corrected chi connectivity index (χ4v) is 5.36. The van der Waals surface area contributed by atoms with Gasteiger partial charge in [0.25, 0.3) is 0 Å². The highest BCUT2D eigenvalue weighted by molar-refractivity contribution is 6.16. The lowest BCUT2D eigenvalue weighted by Gasteiger charge is -2.55. The molecule has 1 fully saturated rings. The van der Waals surface area contributed by atoms with E-state index >= 15 is 0 Å². The largest absolute Gasteiger partial charge is 0.508 e. The van der Waals surface area contributed by atoms with Gasteiger partial charge in [0.05, 0.1) is 23.2 Å². The number of phenols is 1. The van der Waals surface area contributed by atoms with E-state index < -0.39 is 76.0 Å². The summed E-state index contributed by atoms with van der Waals surface area (Å²) in [5.41, 5.74) is 0.182. The minimum Gasteiger partial charge on any atom is -0.508 e. The number of Topliss-reactive ketones (excluding diaryl/α,β-unsaturated/α-hetero) is 2. The summed E-state index contributed by atoms with van der Waals surface area (Å²) >= 11 is 0. The predicted molar refractivity (Wildman–Crippen MR) is 96.8 cm³/mol. The second-order valence-corrected chi connectivity index (χ2v) is 8.25. The number of fused-ring (bicyclic) bond motifs is 3. The Hall–Kier alpha value is -2.75. The number of rotatable bonds is 1. The zero-order chi connectivity index (χ0) is 21.5. The Morgan fingerprint density at radius 3 is 2.48 bits per heavy atom. The van der Waals surface area contributed by atoms with Gasteiger partial charge >= 0.3 is 0 Å². The van der Waals surface area contributed by atoms with Gasteiger partial charge in [-0.3, -0.25) is 14.4 Å². The number of nitrogens with two attached hydrogens (primary N) is 1. The van der Waals surface area contributed by atoms with Crippen LogP contribution in [0.2, 0.25) is 0 Å². The molecule has 6 atom stereocenters. The first kappa shape index (κ1) is 19.6. The maximum Gasteiger partial charge on any atom is 0.225 e. The summed E-state index contributed by atoms with van der Waals surface area (Å²) in [6.45, 7) is 1.24. The molecule has 6 unspecified atom stereocenters. The van der Waals surface area contributed by atoms with Crippen LogP contribution in [0.5, 0.6) is 5.75 Å². The Morgan fingerprint density at radius 1 is 1.21 bits per heavy atom. The van der Waals surface area contributed by atoms with Gasteiger partial charge in [-0.15, -0.1) is 0 Å². The molecule has 0 aliphatic heterocycles. The van der Waals surface area contributed by atoms with Gasteiger partial charge in [-0.1, -0.05) is 12.1 Å². The predicted octanol–water partition coefficient (Wildman–Crippen LogP) is -0.579. The number of benzene rings is 1. The van der Waals surface area contributed by atoms with Crippen molar-refractivity contribution in [2.45, 2.75) is 43.0 Å². The van der Waals surface area contributed by atoms with Crippen LogP contribution in [0, 0.1) is 11.8 Å². The van der Waals surface area contributed by atoms with Crippen molar-refractivity contribution in [2.75, 3.05) is 0 Å². The fraction of sp³-hybridized carbons (Fsp3) is 0.450. The van der Waals surface area contributed by atoms with Gasteiger partial charge in [-0.05, 0) is 25.0 Å². The topological polar surface area (TPSA) is 178 Å². The lowest BCUT2D eigenvalue weighted by molar-refractivity contribution is -0.189. The van der Waals surface area contributed by atoms with Crippen molar-refractivity contribution in [3.8, 4) is 5.75 Å². The number of carbonyl (C=O) groups is 3. The smallest absolute Gasteiger partial charge is 0.225 e. The summed E-state index contributed by atoms with van der Waals surface area (Å²) in [6, 6.07) is 4.04. The number of carbonyl (C=O) groups excluding carboxylic acids is 3. The van der Waals surface area contributed by atoms with E-state index in [0.29, 0.717) is 0 Å². The Bertz CT molecular complexity index is 996. The highest BCUT2D eigenvalue weighted by Gasteiger charge is 2.68. The summed E-state index contributed by atoms with van der Waals surface area (Å²) < 4.78 is 0.